The van der Waals surface area contributed by atoms with Crippen LogP contribution in [0.5, 0.6) is 0 Å². The van der Waals surface area contributed by atoms with Crippen molar-refractivity contribution >= 4 is 46.8 Å². The fourth-order valence-electron chi connectivity index (χ4n) is 5.45. The maximum absolute atomic E-state index is 13.7. The van der Waals surface area contributed by atoms with Crippen molar-refractivity contribution in [2.75, 3.05) is 23.9 Å². The Morgan fingerprint density at radius 1 is 1.06 bits per heavy atom. The number of halogens is 1. The third-order valence-electron chi connectivity index (χ3n) is 6.89. The molecular formula is C24H24ClN3O3S. The Morgan fingerprint density at radius 3 is 2.59 bits per heavy atom. The van der Waals surface area contributed by atoms with Crippen molar-refractivity contribution in [1.29, 1.82) is 0 Å². The van der Waals surface area contributed by atoms with Gasteiger partial charge < -0.3 is 5.32 Å². The maximum Gasteiger partial charge on any atom is 0.250 e. The number of nitrogens with one attached hydrogen (secondary N) is 2. The molecule has 2 unspecified atom stereocenters. The van der Waals surface area contributed by atoms with Crippen molar-refractivity contribution in [2.45, 2.75) is 24.4 Å². The molecule has 4 atom stereocenters. The van der Waals surface area contributed by atoms with E-state index in [0.29, 0.717) is 35.7 Å². The van der Waals surface area contributed by atoms with E-state index in [1.54, 1.807) is 23.9 Å². The number of hydrogen-bond donors (Lipinski definition) is 2. The van der Waals surface area contributed by atoms with Crippen LogP contribution in [-0.2, 0) is 26.3 Å². The van der Waals surface area contributed by atoms with Crippen LogP contribution in [0, 0.1) is 11.8 Å². The Labute approximate surface area is 196 Å². The van der Waals surface area contributed by atoms with Gasteiger partial charge in [-0.25, -0.2) is 0 Å². The van der Waals surface area contributed by atoms with E-state index >= 15 is 0 Å². The van der Waals surface area contributed by atoms with Crippen LogP contribution in [0.2, 0.25) is 5.02 Å². The molecule has 3 aliphatic heterocycles. The van der Waals surface area contributed by atoms with Gasteiger partial charge in [-0.1, -0.05) is 54.1 Å². The summed E-state index contributed by atoms with van der Waals surface area (Å²) in [4.78, 5) is 42.0. The fraction of sp³-hybridized carbons (Fsp3) is 0.375. The lowest BCUT2D eigenvalue weighted by Crippen LogP contribution is -2.53. The summed E-state index contributed by atoms with van der Waals surface area (Å²) >= 11 is 8.04. The summed E-state index contributed by atoms with van der Waals surface area (Å²) in [6.07, 6.45) is 3.29. The van der Waals surface area contributed by atoms with Crippen molar-refractivity contribution in [3.63, 3.8) is 0 Å². The number of nitrogens with zero attached hydrogens (tertiary/aromatic N) is 1. The van der Waals surface area contributed by atoms with E-state index in [1.165, 1.54) is 4.90 Å². The van der Waals surface area contributed by atoms with Crippen LogP contribution in [0.4, 0.5) is 5.69 Å². The Hall–Kier alpha value is -2.35. The highest BCUT2D eigenvalue weighted by atomic mass is 35.5. The summed E-state index contributed by atoms with van der Waals surface area (Å²) in [6.45, 7) is 0.310. The molecule has 2 fully saturated rings. The van der Waals surface area contributed by atoms with E-state index in [0.717, 1.165) is 11.3 Å². The number of amides is 3. The number of imide groups is 1. The third-order valence-corrected chi connectivity index (χ3v) is 7.85. The molecule has 2 N–H and O–H groups in total. The number of rotatable bonds is 6. The van der Waals surface area contributed by atoms with Crippen LogP contribution in [0.15, 0.2) is 48.5 Å². The summed E-state index contributed by atoms with van der Waals surface area (Å²) in [5.74, 6) is -1.30. The van der Waals surface area contributed by atoms with Gasteiger partial charge in [0.2, 0.25) is 17.7 Å². The smallest absolute Gasteiger partial charge is 0.250 e. The summed E-state index contributed by atoms with van der Waals surface area (Å²) in [7, 11) is 0. The molecule has 0 bridgehead atoms. The van der Waals surface area contributed by atoms with Gasteiger partial charge in [0.25, 0.3) is 0 Å². The number of anilines is 1. The summed E-state index contributed by atoms with van der Waals surface area (Å²) < 4.78 is 0. The Morgan fingerprint density at radius 2 is 1.84 bits per heavy atom. The van der Waals surface area contributed by atoms with Crippen LogP contribution in [-0.4, -0.2) is 47.2 Å². The largest absolute Gasteiger partial charge is 0.323 e. The lowest BCUT2D eigenvalue weighted by atomic mass is 9.76. The molecule has 166 valence electrons. The normalized spacial score (nSPS) is 28.4. The SMILES string of the molecule is CSCCC1NC2(C(=O)Nc3c(Cl)cccc32)[C@@H]2C(=O)N(CCc3ccccc3)C(=O)[C@H]12. The standard InChI is InChI=1S/C24H24ClN3O3S/c1-32-13-11-17-18-19(22(30)28(21(18)29)12-10-14-6-3-2-4-7-14)24(27-17)15-8-5-9-16(25)20(15)26-23(24)31/h2-9,17-19,27H,10-13H2,1H3,(H,26,31)/t17?,18-,19+,24?/m1/s1. The Bertz CT molecular complexity index is 1100. The first-order valence-corrected chi connectivity index (χ1v) is 12.5. The molecule has 0 aliphatic carbocycles. The number of para-hydroxylation sites is 1. The van der Waals surface area contributed by atoms with Crippen LogP contribution in [0.3, 0.4) is 0 Å². The second-order valence-corrected chi connectivity index (χ2v) is 9.92. The first-order valence-electron chi connectivity index (χ1n) is 10.7. The van der Waals surface area contributed by atoms with Gasteiger partial charge in [-0.15, -0.1) is 0 Å². The van der Waals surface area contributed by atoms with Gasteiger partial charge in [0, 0.05) is 18.2 Å². The lowest BCUT2D eigenvalue weighted by Gasteiger charge is -2.29. The second kappa shape index (κ2) is 8.21. The minimum atomic E-state index is -1.28. The van der Waals surface area contributed by atoms with Gasteiger partial charge in [-0.3, -0.25) is 24.6 Å². The number of fused-ring (bicyclic) bond motifs is 4. The molecule has 2 aromatic carbocycles. The molecule has 1 spiro atoms. The van der Waals surface area contributed by atoms with Crippen LogP contribution < -0.4 is 10.6 Å². The fourth-order valence-corrected chi connectivity index (χ4v) is 6.16. The first-order chi connectivity index (χ1) is 15.5. The molecule has 0 saturated carbocycles. The van der Waals surface area contributed by atoms with Crippen molar-refractivity contribution in [1.82, 2.24) is 10.2 Å². The van der Waals surface area contributed by atoms with Gasteiger partial charge in [-0.2, -0.15) is 11.8 Å². The Kier molecular flexibility index (Phi) is 5.51. The third kappa shape index (κ3) is 3.10. The molecule has 0 aromatic heterocycles. The molecule has 6 nitrogen and oxygen atoms in total. The average Bonchev–Trinajstić information content (AvgIpc) is 3.38. The van der Waals surface area contributed by atoms with Crippen molar-refractivity contribution in [2.24, 2.45) is 11.8 Å². The predicted molar refractivity (Wildman–Crippen MR) is 126 cm³/mol. The quantitative estimate of drug-likeness (QED) is 0.636. The number of likely N-dealkylation sites (tertiary alicyclic amines) is 1. The summed E-state index contributed by atoms with van der Waals surface area (Å²) in [6, 6.07) is 14.8. The van der Waals surface area contributed by atoms with Gasteiger partial charge in [0.1, 0.15) is 5.54 Å². The van der Waals surface area contributed by atoms with Crippen molar-refractivity contribution in [3.05, 3.63) is 64.7 Å². The summed E-state index contributed by atoms with van der Waals surface area (Å²) in [5, 5.41) is 6.74. The topological polar surface area (TPSA) is 78.5 Å². The van der Waals surface area contributed by atoms with Gasteiger partial charge in [-0.05, 0) is 36.5 Å². The van der Waals surface area contributed by atoms with Gasteiger partial charge in [0.05, 0.1) is 22.5 Å². The molecule has 5 rings (SSSR count). The average molecular weight is 470 g/mol. The zero-order chi connectivity index (χ0) is 22.5. The highest BCUT2D eigenvalue weighted by molar-refractivity contribution is 7.98. The number of carbonyl (C=O) groups excluding carboxylic acids is 3. The Balaban J connectivity index is 1.53. The van der Waals surface area contributed by atoms with E-state index in [-0.39, 0.29) is 23.8 Å². The van der Waals surface area contributed by atoms with Gasteiger partial charge >= 0.3 is 0 Å². The van der Waals surface area contributed by atoms with E-state index in [1.807, 2.05) is 42.7 Å². The van der Waals surface area contributed by atoms with Crippen LogP contribution in [0.25, 0.3) is 0 Å². The maximum atomic E-state index is 13.7. The molecule has 8 heteroatoms. The minimum Gasteiger partial charge on any atom is -0.323 e. The van der Waals surface area contributed by atoms with E-state index < -0.39 is 17.4 Å². The molecule has 2 saturated heterocycles. The molecule has 32 heavy (non-hydrogen) atoms. The van der Waals surface area contributed by atoms with Gasteiger partial charge in [0.15, 0.2) is 0 Å². The second-order valence-electron chi connectivity index (χ2n) is 8.52. The molecular weight excluding hydrogens is 446 g/mol. The van der Waals surface area contributed by atoms with Crippen LogP contribution >= 0.6 is 23.4 Å². The lowest BCUT2D eigenvalue weighted by molar-refractivity contribution is -0.142. The molecule has 0 radical (unpaired) electrons. The first kappa shape index (κ1) is 21.5. The van der Waals surface area contributed by atoms with Crippen molar-refractivity contribution < 1.29 is 14.4 Å². The zero-order valence-corrected chi connectivity index (χ0v) is 19.2. The number of thioether (sulfide) groups is 1. The van der Waals surface area contributed by atoms with E-state index in [2.05, 4.69) is 10.6 Å². The molecule has 3 aliphatic rings. The number of hydrogen-bond acceptors (Lipinski definition) is 5. The molecule has 3 heterocycles. The van der Waals surface area contributed by atoms with Crippen molar-refractivity contribution in [3.8, 4) is 0 Å². The van der Waals surface area contributed by atoms with E-state index in [4.69, 9.17) is 11.6 Å². The molecule has 2 aromatic rings. The predicted octanol–water partition coefficient (Wildman–Crippen LogP) is 3.06. The number of carbonyl (C=O) groups is 3. The zero-order valence-electron chi connectivity index (χ0n) is 17.6. The summed E-state index contributed by atoms with van der Waals surface area (Å²) in [5.41, 5.74) is 0.969. The molecule has 3 amide bonds. The van der Waals surface area contributed by atoms with E-state index in [9.17, 15) is 14.4 Å². The number of benzene rings is 2. The minimum absolute atomic E-state index is 0.185. The van der Waals surface area contributed by atoms with Crippen LogP contribution in [0.1, 0.15) is 17.5 Å². The monoisotopic (exact) mass is 469 g/mol. The highest BCUT2D eigenvalue weighted by Crippen LogP contribution is 2.54. The highest BCUT2D eigenvalue weighted by Gasteiger charge is 2.70.